The summed E-state index contributed by atoms with van der Waals surface area (Å²) in [5.41, 5.74) is 0. The Morgan fingerprint density at radius 1 is 0.574 bits per heavy atom. The molecule has 0 atom stereocenters. The topological polar surface area (TPSA) is 138 Å². The minimum absolute atomic E-state index is 0. The lowest BCUT2D eigenvalue weighted by Crippen LogP contribution is -2.34. The van der Waals surface area contributed by atoms with E-state index in [1.165, 1.54) is 140 Å². The third kappa shape index (κ3) is 49.1. The van der Waals surface area contributed by atoms with Crippen LogP contribution in [0, 0.1) is 0 Å². The number of imide groups is 2. The van der Waals surface area contributed by atoms with Gasteiger partial charge in [0.15, 0.2) is 0 Å². The molecule has 2 aliphatic rings. The minimum Gasteiger partial charge on any atom is -0.356 e. The number of hydrogen-bond acceptors (Lipinski definition) is 7. The molecule has 0 saturated carbocycles. The lowest BCUT2D eigenvalue weighted by Gasteiger charge is -2.13. The average molecular weight is 864 g/mol. The molecule has 358 valence electrons. The van der Waals surface area contributed by atoms with Gasteiger partial charge in [-0.2, -0.15) is 0 Å². The van der Waals surface area contributed by atoms with Crippen molar-refractivity contribution in [2.24, 2.45) is 0 Å². The molecule has 61 heavy (non-hydrogen) atoms. The molecule has 1 saturated heterocycles. The Kier molecular flexibility index (Phi) is 57.6. The monoisotopic (exact) mass is 864 g/mol. The lowest BCUT2D eigenvalue weighted by atomic mass is 10.0. The summed E-state index contributed by atoms with van der Waals surface area (Å²) in [5.74, 6) is -0.260. The van der Waals surface area contributed by atoms with Crippen LogP contribution in [0.3, 0.4) is 0 Å². The van der Waals surface area contributed by atoms with E-state index in [4.69, 9.17) is 0 Å². The van der Waals surface area contributed by atoms with Gasteiger partial charge < -0.3 is 14.9 Å². The molecule has 0 spiro atoms. The second kappa shape index (κ2) is 52.7. The van der Waals surface area contributed by atoms with Gasteiger partial charge in [0, 0.05) is 64.4 Å². The second-order valence-electron chi connectivity index (χ2n) is 15.2. The van der Waals surface area contributed by atoms with Crippen molar-refractivity contribution in [1.29, 1.82) is 0 Å². The van der Waals surface area contributed by atoms with Crippen LogP contribution < -0.4 is 5.32 Å². The number of likely N-dealkylation sites (tertiary alicyclic amines) is 1. The van der Waals surface area contributed by atoms with E-state index >= 15 is 0 Å². The van der Waals surface area contributed by atoms with Gasteiger partial charge in [-0.25, -0.2) is 0 Å². The number of allylic oxidation sites excluding steroid dienone is 1. The largest absolute Gasteiger partial charge is 0.356 e. The molecule has 0 radical (unpaired) electrons. The van der Waals surface area contributed by atoms with Gasteiger partial charge in [0.2, 0.25) is 17.7 Å². The van der Waals surface area contributed by atoms with Crippen LogP contribution in [-0.4, -0.2) is 71.0 Å². The van der Waals surface area contributed by atoms with Crippen LogP contribution in [0.1, 0.15) is 243 Å². The Bertz CT molecular complexity index is 1100. The zero-order valence-electron chi connectivity index (χ0n) is 40.4. The lowest BCUT2D eigenvalue weighted by molar-refractivity contribution is -0.138. The number of nitrogens with zero attached hydrogens (tertiary/aromatic N) is 2. The summed E-state index contributed by atoms with van der Waals surface area (Å²) in [4.78, 5) is 78.2. The number of carbonyl (C=O) groups is 7. The van der Waals surface area contributed by atoms with Crippen molar-refractivity contribution < 1.29 is 33.6 Å². The molecule has 2 aliphatic heterocycles. The number of hydrogen-bond donors (Lipinski definition) is 1. The van der Waals surface area contributed by atoms with E-state index in [1.54, 1.807) is 13.8 Å². The fourth-order valence-electron chi connectivity index (χ4n) is 5.98. The number of amides is 5. The van der Waals surface area contributed by atoms with Crippen LogP contribution in [0.5, 0.6) is 0 Å². The number of carbonyl (C=O) groups excluding carboxylic acids is 7. The summed E-state index contributed by atoms with van der Waals surface area (Å²) in [7, 11) is 1.51. The highest BCUT2D eigenvalue weighted by molar-refractivity contribution is 6.13. The van der Waals surface area contributed by atoms with E-state index < -0.39 is 0 Å². The summed E-state index contributed by atoms with van der Waals surface area (Å²) < 4.78 is 0. The van der Waals surface area contributed by atoms with Crippen LogP contribution >= 0.6 is 0 Å². The summed E-state index contributed by atoms with van der Waals surface area (Å²) in [6.07, 6.45) is 36.9. The van der Waals surface area contributed by atoms with Crippen molar-refractivity contribution in [3.63, 3.8) is 0 Å². The Hall–Kier alpha value is -3.43. The molecule has 0 aliphatic carbocycles. The van der Waals surface area contributed by atoms with E-state index in [9.17, 15) is 33.6 Å². The van der Waals surface area contributed by atoms with Gasteiger partial charge in [-0.3, -0.25) is 33.8 Å². The van der Waals surface area contributed by atoms with Crippen molar-refractivity contribution in [2.45, 2.75) is 243 Å². The van der Waals surface area contributed by atoms with Crippen molar-refractivity contribution in [3.8, 4) is 0 Å². The van der Waals surface area contributed by atoms with Crippen LogP contribution in [-0.2, 0) is 33.6 Å². The summed E-state index contributed by atoms with van der Waals surface area (Å²) in [6.45, 7) is 20.2. The first kappa shape index (κ1) is 66.7. The summed E-state index contributed by atoms with van der Waals surface area (Å²) in [5, 5.41) is 2.73. The Morgan fingerprint density at radius 3 is 1.23 bits per heavy atom. The Morgan fingerprint density at radius 2 is 0.918 bits per heavy atom. The molecule has 0 bridgehead atoms. The molecule has 0 unspecified atom stereocenters. The van der Waals surface area contributed by atoms with Gasteiger partial charge in [-0.15, -0.1) is 6.58 Å². The van der Waals surface area contributed by atoms with E-state index in [-0.39, 0.29) is 49.9 Å². The number of unbranched alkanes of at least 4 members (excludes halogenated alkanes) is 20. The average Bonchev–Trinajstić information content (AvgIpc) is 3.72. The van der Waals surface area contributed by atoms with Gasteiger partial charge in [0.1, 0.15) is 11.6 Å². The molecule has 10 nitrogen and oxygen atoms in total. The SMILES string of the molecule is C.C=CCCCCCCCC(C)=O.CC.CC.CCCCCCCCCCCCCCCCCC(C)=O.CCCCNC(=O)CCN1C(=O)C=CC1=O.CN1C(=O)CCC1=O. The fourth-order valence-corrected chi connectivity index (χ4v) is 5.98. The van der Waals surface area contributed by atoms with Gasteiger partial charge >= 0.3 is 0 Å². The smallest absolute Gasteiger partial charge is 0.253 e. The number of rotatable bonds is 30. The molecule has 2 heterocycles. The third-order valence-corrected chi connectivity index (χ3v) is 9.69. The highest BCUT2D eigenvalue weighted by Gasteiger charge is 2.24. The normalized spacial score (nSPS) is 12.2. The van der Waals surface area contributed by atoms with E-state index in [0.29, 0.717) is 31.0 Å². The maximum Gasteiger partial charge on any atom is 0.253 e. The first-order chi connectivity index (χ1) is 28.9. The molecule has 5 amide bonds. The molecule has 1 fully saturated rings. The molecule has 2 rings (SSSR count). The predicted molar refractivity (Wildman–Crippen MR) is 258 cm³/mol. The maximum absolute atomic E-state index is 11.3. The van der Waals surface area contributed by atoms with Crippen molar-refractivity contribution >= 4 is 41.1 Å². The zero-order valence-corrected chi connectivity index (χ0v) is 40.4. The zero-order chi connectivity index (χ0) is 46.2. The minimum atomic E-state index is -0.341. The van der Waals surface area contributed by atoms with Gasteiger partial charge in [-0.1, -0.05) is 171 Å². The van der Waals surface area contributed by atoms with Gasteiger partial charge in [0.05, 0.1) is 0 Å². The Labute approximate surface area is 376 Å². The molecule has 0 aromatic rings. The van der Waals surface area contributed by atoms with Crippen LogP contribution in [0.2, 0.25) is 0 Å². The van der Waals surface area contributed by atoms with Crippen molar-refractivity contribution in [2.75, 3.05) is 20.1 Å². The molecular weight excluding hydrogens is 767 g/mol. The highest BCUT2D eigenvalue weighted by Crippen LogP contribution is 2.14. The summed E-state index contributed by atoms with van der Waals surface area (Å²) in [6, 6.07) is 0. The number of nitrogens with one attached hydrogen (secondary N) is 1. The van der Waals surface area contributed by atoms with Crippen LogP contribution in [0.4, 0.5) is 0 Å². The first-order valence-corrected chi connectivity index (χ1v) is 24.1. The fraction of sp³-hybridized carbons (Fsp3) is 0.784. The van der Waals surface area contributed by atoms with E-state index in [0.717, 1.165) is 49.8 Å². The Balaban J connectivity index is -0.000000229. The molecule has 10 heteroatoms. The highest BCUT2D eigenvalue weighted by atomic mass is 16.2. The van der Waals surface area contributed by atoms with E-state index in [1.807, 2.05) is 40.7 Å². The van der Waals surface area contributed by atoms with E-state index in [2.05, 4.69) is 18.8 Å². The maximum atomic E-state index is 11.3. The molecule has 0 aromatic carbocycles. The van der Waals surface area contributed by atoms with Crippen molar-refractivity contribution in [1.82, 2.24) is 15.1 Å². The standard InChI is InChI=1S/C19H38O.C11H16N2O3.C11H20O.C5H7NO2.2C2H6.CH4/c1-3-4-5-6-7-8-9-10-11-12-13-14-15-16-17-18-19(2)20;1-2-3-7-12-9(14)6-8-13-10(15)4-5-11(13)16;1-3-4-5-6-7-8-9-10-11(2)12;1-6-4(7)2-3-5(6)8;2*1-2;/h3-18H2,1-2H3;4-5H,2-3,6-8H2,1H3,(H,12,14);3H,1,4-10H2,2H3;2-3H2,1H3;2*1-2H3;1H4. The van der Waals surface area contributed by atoms with Crippen LogP contribution in [0.25, 0.3) is 0 Å². The van der Waals surface area contributed by atoms with Crippen LogP contribution in [0.15, 0.2) is 24.8 Å². The van der Waals surface area contributed by atoms with Gasteiger partial charge in [0.25, 0.3) is 11.8 Å². The third-order valence-electron chi connectivity index (χ3n) is 9.69. The quantitative estimate of drug-likeness (QED) is 0.0431. The first-order valence-electron chi connectivity index (χ1n) is 24.1. The molecular formula is C51H97N3O7. The second-order valence-corrected chi connectivity index (χ2v) is 15.2. The molecule has 0 aromatic heterocycles. The number of Topliss-reactive ketones (excluding diaryl/α,β-unsaturated/α-hetero) is 2. The molecule has 1 N–H and O–H groups in total. The number of ketones is 2. The van der Waals surface area contributed by atoms with Gasteiger partial charge in [-0.05, 0) is 46.0 Å². The van der Waals surface area contributed by atoms with Crippen molar-refractivity contribution in [3.05, 3.63) is 24.8 Å². The summed E-state index contributed by atoms with van der Waals surface area (Å²) >= 11 is 0. The predicted octanol–water partition coefficient (Wildman–Crippen LogP) is 13.0.